The number of nitrogens with zero attached hydrogens (tertiary/aromatic N) is 4. The van der Waals surface area contributed by atoms with Crippen molar-refractivity contribution in [3.8, 4) is 12.1 Å². The molecule has 0 fully saturated rings. The number of halogens is 2. The maximum absolute atomic E-state index is 9.00. The van der Waals surface area contributed by atoms with Crippen LogP contribution >= 0.6 is 23.2 Å². The molecule has 30 heavy (non-hydrogen) atoms. The second kappa shape index (κ2) is 12.3. The van der Waals surface area contributed by atoms with Crippen LogP contribution in [0.25, 0.3) is 0 Å². The standard InChI is InChI=1S/C19H12Cl2N4.C2H4O2.Ag/c20-18-19(21)25(12-17-7-3-15(10-23)4-8-17)13-24(18)11-16-5-1-14(9-22)2-6-16;1-2(3)4;/h1-8H,11-12H2;1H3,(H,3,4);. The van der Waals surface area contributed by atoms with Crippen molar-refractivity contribution in [2.75, 3.05) is 0 Å². The van der Waals surface area contributed by atoms with E-state index in [2.05, 4.69) is 18.8 Å². The van der Waals surface area contributed by atoms with Gasteiger partial charge in [-0.25, -0.2) is 0 Å². The maximum atomic E-state index is 9.00. The third kappa shape index (κ3) is 7.42. The molecule has 1 N–H and O–H groups in total. The molecule has 0 amide bonds. The number of carbonyl (C=O) groups is 1. The van der Waals surface area contributed by atoms with E-state index >= 15 is 0 Å². The van der Waals surface area contributed by atoms with E-state index in [0.29, 0.717) is 34.5 Å². The molecular formula is C21H16AgCl2N4O2. The Morgan fingerprint density at radius 3 is 1.47 bits per heavy atom. The van der Waals surface area contributed by atoms with E-state index in [9.17, 15) is 0 Å². The van der Waals surface area contributed by atoms with Crippen molar-refractivity contribution in [1.29, 1.82) is 10.5 Å². The minimum atomic E-state index is -0.833. The van der Waals surface area contributed by atoms with E-state index in [4.69, 9.17) is 43.6 Å². The van der Waals surface area contributed by atoms with Gasteiger partial charge in [0.2, 0.25) is 6.67 Å². The van der Waals surface area contributed by atoms with Crippen molar-refractivity contribution in [2.45, 2.75) is 20.0 Å². The van der Waals surface area contributed by atoms with E-state index in [-0.39, 0.29) is 22.4 Å². The molecule has 3 rings (SSSR count). The van der Waals surface area contributed by atoms with Crippen molar-refractivity contribution in [1.82, 2.24) is 9.80 Å². The van der Waals surface area contributed by atoms with E-state index in [0.717, 1.165) is 18.1 Å². The quantitative estimate of drug-likeness (QED) is 0.460. The summed E-state index contributed by atoms with van der Waals surface area (Å²) in [7, 11) is 0. The Bertz CT molecular complexity index is 903. The van der Waals surface area contributed by atoms with Gasteiger partial charge in [0.1, 0.15) is 10.3 Å². The van der Waals surface area contributed by atoms with Gasteiger partial charge in [-0.15, -0.1) is 0 Å². The van der Waals surface area contributed by atoms with E-state index in [1.807, 2.05) is 24.3 Å². The van der Waals surface area contributed by atoms with Crippen molar-refractivity contribution >= 4 is 29.2 Å². The Balaban J connectivity index is 0.000000827. The van der Waals surface area contributed by atoms with Crippen LogP contribution in [0.2, 0.25) is 0 Å². The van der Waals surface area contributed by atoms with Gasteiger partial charge in [0.25, 0.3) is 5.97 Å². The summed E-state index contributed by atoms with van der Waals surface area (Å²) in [6, 6.07) is 18.7. The molecule has 9 heteroatoms. The number of carboxylic acid groups (broad SMARTS) is 1. The summed E-state index contributed by atoms with van der Waals surface area (Å²) < 4.78 is 0. The molecule has 1 aliphatic rings. The minimum absolute atomic E-state index is 0. The summed E-state index contributed by atoms with van der Waals surface area (Å²) in [6.07, 6.45) is 0. The first-order chi connectivity index (χ1) is 13.8. The molecule has 6 nitrogen and oxygen atoms in total. The first kappa shape index (κ1) is 25.6. The molecule has 0 spiro atoms. The van der Waals surface area contributed by atoms with Crippen LogP contribution in [0, 0.1) is 29.3 Å². The van der Waals surface area contributed by atoms with Gasteiger partial charge in [-0.05, 0) is 35.4 Å². The molecule has 157 valence electrons. The summed E-state index contributed by atoms with van der Waals surface area (Å²) in [5.41, 5.74) is 3.21. The van der Waals surface area contributed by atoms with Gasteiger partial charge >= 0.3 is 0 Å². The van der Waals surface area contributed by atoms with Crippen molar-refractivity contribution in [2.24, 2.45) is 0 Å². The molecule has 3 radical (unpaired) electrons. The van der Waals surface area contributed by atoms with Crippen LogP contribution in [0.3, 0.4) is 0 Å². The molecule has 2 aromatic rings. The average Bonchev–Trinajstić information content (AvgIpc) is 2.96. The Labute approximate surface area is 201 Å². The summed E-state index contributed by atoms with van der Waals surface area (Å²) in [4.78, 5) is 12.5. The molecule has 2 aromatic carbocycles. The van der Waals surface area contributed by atoms with Gasteiger partial charge in [-0.3, -0.25) is 4.79 Å². The number of nitriles is 2. The summed E-state index contributed by atoms with van der Waals surface area (Å²) in [5, 5.41) is 25.9. The summed E-state index contributed by atoms with van der Waals surface area (Å²) >= 11 is 12.6. The number of aliphatic carboxylic acids is 1. The fraction of sp³-hybridized carbons (Fsp3) is 0.143. The van der Waals surface area contributed by atoms with E-state index in [1.54, 1.807) is 34.1 Å². The van der Waals surface area contributed by atoms with Gasteiger partial charge in [0, 0.05) is 42.4 Å². The van der Waals surface area contributed by atoms with Crippen LogP contribution in [-0.2, 0) is 40.3 Å². The number of rotatable bonds is 4. The zero-order valence-corrected chi connectivity index (χ0v) is 18.7. The summed E-state index contributed by atoms with van der Waals surface area (Å²) in [5.74, 6) is -0.833. The SMILES string of the molecule is CC(=O)O.N#Cc1ccc(CN2[C]N(Cc3ccc(C#N)cc3)C(Cl)=C2Cl)cc1.[Ag]. The monoisotopic (exact) mass is 533 g/mol. The summed E-state index contributed by atoms with van der Waals surface area (Å²) in [6.45, 7) is 5.24. The Morgan fingerprint density at radius 1 is 0.900 bits per heavy atom. The van der Waals surface area contributed by atoms with Crippen LogP contribution in [0.4, 0.5) is 0 Å². The van der Waals surface area contributed by atoms with Gasteiger partial charge in [-0.1, -0.05) is 47.5 Å². The fourth-order valence-corrected chi connectivity index (χ4v) is 2.80. The Hall–Kier alpha value is -2.45. The smallest absolute Gasteiger partial charge is 0.300 e. The van der Waals surface area contributed by atoms with Crippen molar-refractivity contribution in [3.05, 3.63) is 87.8 Å². The average molecular weight is 535 g/mol. The topological polar surface area (TPSA) is 91.4 Å². The normalized spacial score (nSPS) is 12.3. The predicted molar refractivity (Wildman–Crippen MR) is 109 cm³/mol. The van der Waals surface area contributed by atoms with Crippen molar-refractivity contribution in [3.63, 3.8) is 0 Å². The molecule has 0 bridgehead atoms. The molecule has 0 atom stereocenters. The molecule has 1 heterocycles. The van der Waals surface area contributed by atoms with Crippen LogP contribution in [0.5, 0.6) is 0 Å². The van der Waals surface area contributed by atoms with Gasteiger partial charge in [0.05, 0.1) is 23.3 Å². The van der Waals surface area contributed by atoms with Crippen molar-refractivity contribution < 1.29 is 32.3 Å². The van der Waals surface area contributed by atoms with Gasteiger partial charge in [-0.2, -0.15) is 10.5 Å². The van der Waals surface area contributed by atoms with Crippen LogP contribution in [-0.4, -0.2) is 20.9 Å². The molecule has 0 saturated carbocycles. The predicted octanol–water partition coefficient (Wildman–Crippen LogP) is 4.44. The molecule has 0 aliphatic carbocycles. The Morgan fingerprint density at radius 2 is 1.20 bits per heavy atom. The zero-order valence-electron chi connectivity index (χ0n) is 15.7. The number of carboxylic acids is 1. The number of hydrogen-bond acceptors (Lipinski definition) is 5. The minimum Gasteiger partial charge on any atom is -0.481 e. The maximum Gasteiger partial charge on any atom is 0.300 e. The zero-order chi connectivity index (χ0) is 21.4. The third-order valence-electron chi connectivity index (χ3n) is 3.73. The van der Waals surface area contributed by atoms with Gasteiger partial charge < -0.3 is 14.9 Å². The molecule has 1 aliphatic heterocycles. The number of benzene rings is 2. The second-order valence-corrected chi connectivity index (χ2v) is 6.71. The molecular weight excluding hydrogens is 519 g/mol. The largest absolute Gasteiger partial charge is 0.481 e. The van der Waals surface area contributed by atoms with Gasteiger partial charge in [0.15, 0.2) is 0 Å². The molecule has 0 saturated heterocycles. The number of hydrogen-bond donors (Lipinski definition) is 1. The molecule has 0 unspecified atom stereocenters. The Kier molecular flexibility index (Phi) is 10.5. The second-order valence-electron chi connectivity index (χ2n) is 5.99. The van der Waals surface area contributed by atoms with E-state index in [1.165, 1.54) is 0 Å². The molecule has 0 aromatic heterocycles. The first-order valence-corrected chi connectivity index (χ1v) is 9.14. The first-order valence-electron chi connectivity index (χ1n) is 8.38. The fourth-order valence-electron chi connectivity index (χ4n) is 2.40. The third-order valence-corrected chi connectivity index (χ3v) is 4.60. The van der Waals surface area contributed by atoms with Crippen LogP contribution in [0.15, 0.2) is 58.8 Å². The van der Waals surface area contributed by atoms with Crippen LogP contribution in [0.1, 0.15) is 29.2 Å². The van der Waals surface area contributed by atoms with Crippen LogP contribution < -0.4 is 0 Å². The van der Waals surface area contributed by atoms with E-state index < -0.39 is 5.97 Å².